The predicted molar refractivity (Wildman–Crippen MR) is 114 cm³/mol. The molecule has 30 heavy (non-hydrogen) atoms. The summed E-state index contributed by atoms with van der Waals surface area (Å²) in [6.07, 6.45) is 0. The van der Waals surface area contributed by atoms with Gasteiger partial charge < -0.3 is 15.1 Å². The van der Waals surface area contributed by atoms with E-state index in [9.17, 15) is 14.4 Å². The van der Waals surface area contributed by atoms with E-state index < -0.39 is 11.5 Å². The lowest BCUT2D eigenvalue weighted by molar-refractivity contribution is 0.0950. The topological polar surface area (TPSA) is 88.4 Å². The number of hydrogen-bond donors (Lipinski definition) is 2. The monoisotopic (exact) mass is 398 g/mol. The van der Waals surface area contributed by atoms with Gasteiger partial charge in [-0.05, 0) is 42.0 Å². The molecule has 6 nitrogen and oxygen atoms in total. The number of hydrogen-bond acceptors (Lipinski definition) is 4. The SMILES string of the molecule is O=C(NCc1ccccc1)c1ccc(NC(=O)c2cc3ccccc3oc2=O)cc1. The summed E-state index contributed by atoms with van der Waals surface area (Å²) in [4.78, 5) is 36.9. The van der Waals surface area contributed by atoms with Gasteiger partial charge in [0.05, 0.1) is 0 Å². The Hall–Kier alpha value is -4.19. The second-order valence-corrected chi connectivity index (χ2v) is 6.69. The van der Waals surface area contributed by atoms with Gasteiger partial charge in [0.25, 0.3) is 11.8 Å². The molecular formula is C24H18N2O4. The van der Waals surface area contributed by atoms with Gasteiger partial charge in [-0.1, -0.05) is 48.5 Å². The lowest BCUT2D eigenvalue weighted by Crippen LogP contribution is -2.23. The molecule has 148 valence electrons. The summed E-state index contributed by atoms with van der Waals surface area (Å²) in [5.41, 5.74) is 1.57. The van der Waals surface area contributed by atoms with Crippen molar-refractivity contribution in [3.63, 3.8) is 0 Å². The predicted octanol–water partition coefficient (Wildman–Crippen LogP) is 3.98. The third-order valence-corrected chi connectivity index (χ3v) is 4.59. The third-order valence-electron chi connectivity index (χ3n) is 4.59. The van der Waals surface area contributed by atoms with Crippen LogP contribution in [0.1, 0.15) is 26.3 Å². The largest absolute Gasteiger partial charge is 0.422 e. The number of carbonyl (C=O) groups is 2. The van der Waals surface area contributed by atoms with Crippen LogP contribution in [0.4, 0.5) is 5.69 Å². The van der Waals surface area contributed by atoms with Gasteiger partial charge >= 0.3 is 5.63 Å². The number of carbonyl (C=O) groups excluding carboxylic acids is 2. The van der Waals surface area contributed by atoms with Crippen molar-refractivity contribution in [1.82, 2.24) is 5.32 Å². The maximum absolute atomic E-state index is 12.5. The highest BCUT2D eigenvalue weighted by Gasteiger charge is 2.14. The normalized spacial score (nSPS) is 10.5. The smallest absolute Gasteiger partial charge is 0.349 e. The fraction of sp³-hybridized carbons (Fsp3) is 0.0417. The van der Waals surface area contributed by atoms with Crippen molar-refractivity contribution in [3.8, 4) is 0 Å². The molecule has 3 aromatic carbocycles. The van der Waals surface area contributed by atoms with Crippen LogP contribution in [-0.2, 0) is 6.54 Å². The van der Waals surface area contributed by atoms with Crippen molar-refractivity contribution in [2.75, 3.05) is 5.32 Å². The Morgan fingerprint density at radius 3 is 2.27 bits per heavy atom. The van der Waals surface area contributed by atoms with E-state index in [0.717, 1.165) is 5.56 Å². The van der Waals surface area contributed by atoms with Crippen LogP contribution in [0.25, 0.3) is 11.0 Å². The van der Waals surface area contributed by atoms with E-state index >= 15 is 0 Å². The van der Waals surface area contributed by atoms with Gasteiger partial charge in [0.15, 0.2) is 0 Å². The van der Waals surface area contributed by atoms with E-state index in [2.05, 4.69) is 10.6 Å². The maximum Gasteiger partial charge on any atom is 0.349 e. The first-order chi connectivity index (χ1) is 14.6. The summed E-state index contributed by atoms with van der Waals surface area (Å²) in [7, 11) is 0. The van der Waals surface area contributed by atoms with Gasteiger partial charge in [-0.2, -0.15) is 0 Å². The molecule has 0 radical (unpaired) electrons. The second kappa shape index (κ2) is 8.45. The van der Waals surface area contributed by atoms with Crippen molar-refractivity contribution in [1.29, 1.82) is 0 Å². The van der Waals surface area contributed by atoms with E-state index in [1.807, 2.05) is 30.3 Å². The van der Waals surface area contributed by atoms with Crippen LogP contribution in [-0.4, -0.2) is 11.8 Å². The molecular weight excluding hydrogens is 380 g/mol. The van der Waals surface area contributed by atoms with E-state index in [-0.39, 0.29) is 11.5 Å². The van der Waals surface area contributed by atoms with E-state index in [1.165, 1.54) is 6.07 Å². The molecule has 1 aromatic heterocycles. The molecule has 0 aliphatic heterocycles. The minimum atomic E-state index is -0.705. The summed E-state index contributed by atoms with van der Waals surface area (Å²) in [5, 5.41) is 6.16. The number of para-hydroxylation sites is 1. The molecule has 0 saturated carbocycles. The van der Waals surface area contributed by atoms with Gasteiger partial charge in [0.1, 0.15) is 11.1 Å². The first-order valence-corrected chi connectivity index (χ1v) is 9.36. The molecule has 0 atom stereocenters. The number of rotatable bonds is 5. The van der Waals surface area contributed by atoms with Crippen molar-refractivity contribution in [2.24, 2.45) is 0 Å². The summed E-state index contributed by atoms with van der Waals surface area (Å²) in [6, 6.07) is 24.5. The third kappa shape index (κ3) is 4.28. The van der Waals surface area contributed by atoms with E-state index in [4.69, 9.17) is 4.42 Å². The molecule has 0 aliphatic rings. The molecule has 0 aliphatic carbocycles. The molecule has 2 N–H and O–H groups in total. The number of benzene rings is 3. The molecule has 1 heterocycles. The van der Waals surface area contributed by atoms with Gasteiger partial charge in [0, 0.05) is 23.2 Å². The van der Waals surface area contributed by atoms with Gasteiger partial charge in [-0.3, -0.25) is 9.59 Å². The standard InChI is InChI=1S/C24H18N2O4/c27-22(25-15-16-6-2-1-3-7-16)17-10-12-19(13-11-17)26-23(28)20-14-18-8-4-5-9-21(18)30-24(20)29/h1-14H,15H2,(H,25,27)(H,26,28). The Labute approximate surface area is 172 Å². The summed E-state index contributed by atoms with van der Waals surface area (Å²) in [6.45, 7) is 0.426. The first kappa shape index (κ1) is 19.1. The molecule has 0 unspecified atom stereocenters. The quantitative estimate of drug-likeness (QED) is 0.498. The summed E-state index contributed by atoms with van der Waals surface area (Å²) in [5.74, 6) is -0.789. The molecule has 4 rings (SSSR count). The maximum atomic E-state index is 12.5. The highest BCUT2D eigenvalue weighted by atomic mass is 16.4. The summed E-state index contributed by atoms with van der Waals surface area (Å²) >= 11 is 0. The highest BCUT2D eigenvalue weighted by Crippen LogP contribution is 2.15. The van der Waals surface area contributed by atoms with Gasteiger partial charge in [0.2, 0.25) is 0 Å². The lowest BCUT2D eigenvalue weighted by atomic mass is 10.1. The first-order valence-electron chi connectivity index (χ1n) is 9.36. The number of nitrogens with one attached hydrogen (secondary N) is 2. The van der Waals surface area contributed by atoms with Crippen molar-refractivity contribution < 1.29 is 14.0 Å². The molecule has 0 saturated heterocycles. The van der Waals surface area contributed by atoms with Crippen molar-refractivity contribution >= 4 is 28.5 Å². The average Bonchev–Trinajstić information content (AvgIpc) is 2.78. The molecule has 0 fully saturated rings. The minimum Gasteiger partial charge on any atom is -0.422 e. The second-order valence-electron chi connectivity index (χ2n) is 6.69. The van der Waals surface area contributed by atoms with Crippen LogP contribution in [0.3, 0.4) is 0 Å². The molecule has 2 amide bonds. The number of amides is 2. The molecule has 0 spiro atoms. The van der Waals surface area contributed by atoms with Crippen molar-refractivity contribution in [3.05, 3.63) is 112 Å². The van der Waals surface area contributed by atoms with Crippen LogP contribution >= 0.6 is 0 Å². The van der Waals surface area contributed by atoms with Gasteiger partial charge in [-0.25, -0.2) is 4.79 Å². The van der Waals surface area contributed by atoms with E-state index in [1.54, 1.807) is 48.5 Å². The zero-order valence-corrected chi connectivity index (χ0v) is 15.9. The van der Waals surface area contributed by atoms with Crippen LogP contribution in [0.2, 0.25) is 0 Å². The van der Waals surface area contributed by atoms with Crippen LogP contribution in [0.15, 0.2) is 94.1 Å². The number of fused-ring (bicyclic) bond motifs is 1. The zero-order chi connectivity index (χ0) is 20.9. The van der Waals surface area contributed by atoms with E-state index in [0.29, 0.717) is 28.8 Å². The van der Waals surface area contributed by atoms with Crippen molar-refractivity contribution in [2.45, 2.75) is 6.54 Å². The van der Waals surface area contributed by atoms with Gasteiger partial charge in [-0.15, -0.1) is 0 Å². The lowest BCUT2D eigenvalue weighted by Gasteiger charge is -2.08. The fourth-order valence-corrected chi connectivity index (χ4v) is 3.00. The Morgan fingerprint density at radius 1 is 0.800 bits per heavy atom. The Bertz CT molecular complexity index is 1260. The molecule has 6 heteroatoms. The Morgan fingerprint density at radius 2 is 1.50 bits per heavy atom. The molecule has 4 aromatic rings. The highest BCUT2D eigenvalue weighted by molar-refractivity contribution is 6.05. The van der Waals surface area contributed by atoms with Crippen LogP contribution in [0, 0.1) is 0 Å². The zero-order valence-electron chi connectivity index (χ0n) is 15.9. The Balaban J connectivity index is 1.43. The average molecular weight is 398 g/mol. The fourth-order valence-electron chi connectivity index (χ4n) is 3.00. The minimum absolute atomic E-state index is 0.0848. The Kier molecular flexibility index (Phi) is 5.39. The molecule has 0 bridgehead atoms. The number of anilines is 1. The van der Waals surface area contributed by atoms with Crippen LogP contribution < -0.4 is 16.3 Å². The van der Waals surface area contributed by atoms with Crippen LogP contribution in [0.5, 0.6) is 0 Å². The summed E-state index contributed by atoms with van der Waals surface area (Å²) < 4.78 is 5.20.